The Morgan fingerprint density at radius 2 is 1.81 bits per heavy atom. The van der Waals surface area contributed by atoms with Gasteiger partial charge < -0.3 is 15.0 Å². The maximum Gasteiger partial charge on any atom is 0.337 e. The number of carbonyl (C=O) groups excluding carboxylic acids is 3. The number of nitrogens with zero attached hydrogens (tertiary/aromatic N) is 1. The van der Waals surface area contributed by atoms with E-state index in [9.17, 15) is 14.4 Å². The number of hydrogen-bond acceptors (Lipinski definition) is 4. The van der Waals surface area contributed by atoms with Gasteiger partial charge in [0.15, 0.2) is 0 Å². The summed E-state index contributed by atoms with van der Waals surface area (Å²) in [5.74, 6) is -0.406. The first-order valence-corrected chi connectivity index (χ1v) is 8.78. The molecule has 6 heteroatoms. The lowest BCUT2D eigenvalue weighted by Gasteiger charge is -2.39. The smallest absolute Gasteiger partial charge is 0.337 e. The van der Waals surface area contributed by atoms with Crippen LogP contribution in [-0.4, -0.2) is 31.4 Å². The zero-order valence-corrected chi connectivity index (χ0v) is 15.6. The molecule has 0 fully saturated rings. The summed E-state index contributed by atoms with van der Waals surface area (Å²) in [6, 6.07) is 12.8. The summed E-state index contributed by atoms with van der Waals surface area (Å²) in [5, 5.41) is 2.86. The Bertz CT molecular complexity index is 876. The SMILES string of the molecule is COC(=O)c1ccc(-c2ccc3c(c2)C(NC=O)CC(C)N3C(C)=O)cc1. The number of amides is 2. The molecule has 0 radical (unpaired) electrons. The van der Waals surface area contributed by atoms with E-state index in [-0.39, 0.29) is 24.0 Å². The molecule has 2 aromatic carbocycles. The Kier molecular flexibility index (Phi) is 5.26. The molecule has 1 heterocycles. The van der Waals surface area contributed by atoms with Crippen molar-refractivity contribution in [2.75, 3.05) is 12.0 Å². The fraction of sp³-hybridized carbons (Fsp3) is 0.286. The molecule has 1 aliphatic rings. The number of esters is 1. The van der Waals surface area contributed by atoms with Gasteiger partial charge >= 0.3 is 5.97 Å². The second kappa shape index (κ2) is 7.61. The highest BCUT2D eigenvalue weighted by molar-refractivity contribution is 5.94. The van der Waals surface area contributed by atoms with Gasteiger partial charge in [-0.3, -0.25) is 9.59 Å². The summed E-state index contributed by atoms with van der Waals surface area (Å²) in [7, 11) is 1.35. The molecule has 0 spiro atoms. The number of anilines is 1. The average molecular weight is 366 g/mol. The van der Waals surface area contributed by atoms with Crippen molar-refractivity contribution in [3.05, 3.63) is 53.6 Å². The summed E-state index contributed by atoms with van der Waals surface area (Å²) in [5.41, 5.74) is 4.08. The highest BCUT2D eigenvalue weighted by atomic mass is 16.5. The Morgan fingerprint density at radius 3 is 2.41 bits per heavy atom. The van der Waals surface area contributed by atoms with Gasteiger partial charge in [0.25, 0.3) is 0 Å². The molecule has 140 valence electrons. The summed E-state index contributed by atoms with van der Waals surface area (Å²) in [6.45, 7) is 3.52. The fourth-order valence-electron chi connectivity index (χ4n) is 3.68. The van der Waals surface area contributed by atoms with E-state index in [1.54, 1.807) is 24.0 Å². The minimum Gasteiger partial charge on any atom is -0.465 e. The molecule has 2 unspecified atom stereocenters. The third-order valence-corrected chi connectivity index (χ3v) is 4.93. The van der Waals surface area contributed by atoms with Gasteiger partial charge in [0.05, 0.1) is 18.7 Å². The maximum absolute atomic E-state index is 12.1. The highest BCUT2D eigenvalue weighted by Crippen LogP contribution is 2.39. The minimum atomic E-state index is -0.381. The molecule has 0 aromatic heterocycles. The first kappa shape index (κ1) is 18.6. The molecule has 6 nitrogen and oxygen atoms in total. The van der Waals surface area contributed by atoms with Gasteiger partial charge in [-0.25, -0.2) is 4.79 Å². The standard InChI is InChI=1S/C21H22N2O4/c1-13-10-19(22-12-24)18-11-17(8-9-20(18)23(13)14(2)25)15-4-6-16(7-5-15)21(26)27-3/h4-9,11-13,19H,10H2,1-3H3,(H,22,24). The predicted molar refractivity (Wildman–Crippen MR) is 102 cm³/mol. The third kappa shape index (κ3) is 3.56. The number of benzene rings is 2. The Hall–Kier alpha value is -3.15. The van der Waals surface area contributed by atoms with Crippen LogP contribution in [0.3, 0.4) is 0 Å². The number of hydrogen-bond donors (Lipinski definition) is 1. The maximum atomic E-state index is 12.1. The van der Waals surface area contributed by atoms with Crippen LogP contribution in [0.25, 0.3) is 11.1 Å². The predicted octanol–water partition coefficient (Wildman–Crippen LogP) is 3.07. The van der Waals surface area contributed by atoms with Crippen molar-refractivity contribution >= 4 is 24.0 Å². The van der Waals surface area contributed by atoms with Gasteiger partial charge in [0.2, 0.25) is 12.3 Å². The van der Waals surface area contributed by atoms with Crippen LogP contribution >= 0.6 is 0 Å². The molecule has 1 aliphatic heterocycles. The zero-order chi connectivity index (χ0) is 19.6. The van der Waals surface area contributed by atoms with Crippen LogP contribution in [0.15, 0.2) is 42.5 Å². The molecule has 0 saturated heterocycles. The lowest BCUT2D eigenvalue weighted by Crippen LogP contribution is -2.44. The number of methoxy groups -OCH3 is 1. The summed E-state index contributed by atoms with van der Waals surface area (Å²) >= 11 is 0. The van der Waals surface area contributed by atoms with Crippen LogP contribution in [0.4, 0.5) is 5.69 Å². The van der Waals surface area contributed by atoms with E-state index in [1.807, 2.05) is 37.3 Å². The second-order valence-corrected chi connectivity index (χ2v) is 6.65. The van der Waals surface area contributed by atoms with E-state index >= 15 is 0 Å². The Morgan fingerprint density at radius 1 is 1.15 bits per heavy atom. The highest BCUT2D eigenvalue weighted by Gasteiger charge is 2.32. The van der Waals surface area contributed by atoms with Crippen molar-refractivity contribution in [1.29, 1.82) is 0 Å². The van der Waals surface area contributed by atoms with E-state index < -0.39 is 0 Å². The minimum absolute atomic E-state index is 0.00219. The number of rotatable bonds is 4. The molecule has 2 aromatic rings. The molecule has 3 rings (SSSR count). The molecule has 0 aliphatic carbocycles. The monoisotopic (exact) mass is 366 g/mol. The largest absolute Gasteiger partial charge is 0.465 e. The quantitative estimate of drug-likeness (QED) is 0.666. The normalized spacial score (nSPS) is 18.4. The van der Waals surface area contributed by atoms with E-state index in [4.69, 9.17) is 4.74 Å². The third-order valence-electron chi connectivity index (χ3n) is 4.93. The molecule has 2 amide bonds. The van der Waals surface area contributed by atoms with Crippen molar-refractivity contribution < 1.29 is 19.1 Å². The summed E-state index contributed by atoms with van der Waals surface area (Å²) < 4.78 is 4.72. The van der Waals surface area contributed by atoms with Gasteiger partial charge in [-0.15, -0.1) is 0 Å². The fourth-order valence-corrected chi connectivity index (χ4v) is 3.68. The Labute approximate surface area is 158 Å². The molecule has 2 atom stereocenters. The first-order chi connectivity index (χ1) is 13.0. The molecule has 1 N–H and O–H groups in total. The molecular formula is C21H22N2O4. The van der Waals surface area contributed by atoms with E-state index in [2.05, 4.69) is 5.32 Å². The van der Waals surface area contributed by atoms with E-state index in [0.717, 1.165) is 22.4 Å². The van der Waals surface area contributed by atoms with Crippen LogP contribution in [-0.2, 0) is 14.3 Å². The van der Waals surface area contributed by atoms with Crippen LogP contribution in [0, 0.1) is 0 Å². The van der Waals surface area contributed by atoms with Crippen molar-refractivity contribution in [2.24, 2.45) is 0 Å². The molecule has 0 bridgehead atoms. The number of carbonyl (C=O) groups is 3. The second-order valence-electron chi connectivity index (χ2n) is 6.65. The average Bonchev–Trinajstić information content (AvgIpc) is 2.67. The van der Waals surface area contributed by atoms with Crippen LogP contribution in [0.1, 0.15) is 42.2 Å². The van der Waals surface area contributed by atoms with Crippen LogP contribution in [0.5, 0.6) is 0 Å². The molecular weight excluding hydrogens is 344 g/mol. The summed E-state index contributed by atoms with van der Waals surface area (Å²) in [6.07, 6.45) is 1.35. The van der Waals surface area contributed by atoms with Crippen molar-refractivity contribution in [3.8, 4) is 11.1 Å². The number of fused-ring (bicyclic) bond motifs is 1. The van der Waals surface area contributed by atoms with Crippen LogP contribution < -0.4 is 10.2 Å². The van der Waals surface area contributed by atoms with Gasteiger partial charge in [-0.05, 0) is 54.3 Å². The van der Waals surface area contributed by atoms with Gasteiger partial charge in [0.1, 0.15) is 0 Å². The van der Waals surface area contributed by atoms with E-state index in [0.29, 0.717) is 18.4 Å². The lowest BCUT2D eigenvalue weighted by molar-refractivity contribution is -0.117. The topological polar surface area (TPSA) is 75.7 Å². The Balaban J connectivity index is 2.03. The van der Waals surface area contributed by atoms with Crippen LogP contribution in [0.2, 0.25) is 0 Å². The van der Waals surface area contributed by atoms with Crippen molar-refractivity contribution in [1.82, 2.24) is 5.32 Å². The van der Waals surface area contributed by atoms with Gasteiger partial charge in [0, 0.05) is 18.7 Å². The number of nitrogens with one attached hydrogen (secondary N) is 1. The van der Waals surface area contributed by atoms with Gasteiger partial charge in [-0.1, -0.05) is 18.2 Å². The zero-order valence-electron chi connectivity index (χ0n) is 15.6. The first-order valence-electron chi connectivity index (χ1n) is 8.78. The molecule has 27 heavy (non-hydrogen) atoms. The number of ether oxygens (including phenoxy) is 1. The summed E-state index contributed by atoms with van der Waals surface area (Å²) in [4.78, 5) is 36.5. The van der Waals surface area contributed by atoms with Gasteiger partial charge in [-0.2, -0.15) is 0 Å². The van der Waals surface area contributed by atoms with Crippen molar-refractivity contribution in [2.45, 2.75) is 32.4 Å². The molecule has 0 saturated carbocycles. The van der Waals surface area contributed by atoms with Crippen molar-refractivity contribution in [3.63, 3.8) is 0 Å². The lowest BCUT2D eigenvalue weighted by atomic mass is 9.89. The van der Waals surface area contributed by atoms with E-state index in [1.165, 1.54) is 7.11 Å².